The fraction of sp³-hybridized carbons (Fsp3) is 0.0870. The zero-order valence-corrected chi connectivity index (χ0v) is 16.4. The highest BCUT2D eigenvalue weighted by Gasteiger charge is 2.34. The van der Waals surface area contributed by atoms with Crippen LogP contribution in [0.25, 0.3) is 22.4 Å². The average Bonchev–Trinajstić information content (AvgIpc) is 2.97. The van der Waals surface area contributed by atoms with Crippen molar-refractivity contribution >= 4 is 39.8 Å². The number of halogens is 4. The summed E-state index contributed by atoms with van der Waals surface area (Å²) >= 11 is 6.38. The Morgan fingerprint density at radius 1 is 1.07 bits per heavy atom. The number of hydrogen-bond acceptors (Lipinski definition) is 3. The van der Waals surface area contributed by atoms with Crippen LogP contribution < -0.4 is 5.73 Å². The lowest BCUT2D eigenvalue weighted by atomic mass is 9.97. The zero-order valence-electron chi connectivity index (χ0n) is 15.7. The Morgan fingerprint density at radius 3 is 2.53 bits per heavy atom. The molecule has 7 heteroatoms. The number of carbonyl (C=O) groups is 1. The number of alkyl halides is 3. The van der Waals surface area contributed by atoms with Gasteiger partial charge in [0.2, 0.25) is 11.7 Å². The van der Waals surface area contributed by atoms with Crippen molar-refractivity contribution in [2.24, 2.45) is 5.73 Å². The van der Waals surface area contributed by atoms with Gasteiger partial charge in [-0.25, -0.2) is 0 Å². The van der Waals surface area contributed by atoms with E-state index in [9.17, 15) is 18.0 Å². The van der Waals surface area contributed by atoms with Crippen LogP contribution in [0.5, 0.6) is 0 Å². The molecule has 0 bridgehead atoms. The number of hydrogen-bond donors (Lipinski definition) is 1. The number of nitrogens with two attached hydrogens (primary N) is 1. The van der Waals surface area contributed by atoms with Crippen molar-refractivity contribution < 1.29 is 22.7 Å². The standard InChI is InChI=1S/C23H15ClF3NO2/c1-12-4-2-5-13-8-9-17(24)16(19(12)13)11-18-21(29)20(22(28)30-18)14-6-3-7-15(10-14)23(25,26)27/h2-11H,28H2,1H3/b18-11+. The third-order valence-corrected chi connectivity index (χ3v) is 5.24. The minimum absolute atomic E-state index is 0.0379. The molecular formula is C23H15ClF3NO2. The molecule has 0 radical (unpaired) electrons. The molecule has 0 saturated heterocycles. The minimum Gasteiger partial charge on any atom is -0.437 e. The van der Waals surface area contributed by atoms with Crippen LogP contribution >= 0.6 is 11.6 Å². The quantitative estimate of drug-likeness (QED) is 0.502. The second-order valence-electron chi connectivity index (χ2n) is 6.89. The predicted molar refractivity (Wildman–Crippen MR) is 110 cm³/mol. The summed E-state index contributed by atoms with van der Waals surface area (Å²) < 4.78 is 44.6. The number of benzene rings is 3. The second kappa shape index (κ2) is 7.22. The van der Waals surface area contributed by atoms with Crippen LogP contribution in [0.4, 0.5) is 13.2 Å². The Kier molecular flexibility index (Phi) is 4.82. The molecule has 1 heterocycles. The van der Waals surface area contributed by atoms with E-state index in [0.29, 0.717) is 10.6 Å². The second-order valence-corrected chi connectivity index (χ2v) is 7.30. The molecular weight excluding hydrogens is 415 g/mol. The third kappa shape index (κ3) is 3.44. The maximum Gasteiger partial charge on any atom is 0.416 e. The molecule has 3 nitrogen and oxygen atoms in total. The fourth-order valence-electron chi connectivity index (χ4n) is 3.51. The number of allylic oxidation sites excluding steroid dienone is 1. The Bertz CT molecular complexity index is 1260. The lowest BCUT2D eigenvalue weighted by molar-refractivity contribution is -0.137. The molecule has 30 heavy (non-hydrogen) atoms. The first-order chi connectivity index (χ1) is 14.2. The molecule has 2 N–H and O–H groups in total. The van der Waals surface area contributed by atoms with E-state index in [0.717, 1.165) is 28.5 Å². The molecule has 0 atom stereocenters. The molecule has 0 fully saturated rings. The van der Waals surface area contributed by atoms with Gasteiger partial charge in [-0.05, 0) is 53.1 Å². The smallest absolute Gasteiger partial charge is 0.416 e. The van der Waals surface area contributed by atoms with E-state index in [2.05, 4.69) is 0 Å². The number of Topliss-reactive ketones (excluding diaryl/α,β-unsaturated/α-hetero) is 1. The highest BCUT2D eigenvalue weighted by Crippen LogP contribution is 2.37. The number of carbonyl (C=O) groups excluding carboxylic acids is 1. The van der Waals surface area contributed by atoms with Gasteiger partial charge in [-0.3, -0.25) is 4.79 Å². The number of ether oxygens (including phenoxy) is 1. The Morgan fingerprint density at radius 2 is 1.80 bits per heavy atom. The molecule has 0 aromatic heterocycles. The van der Waals surface area contributed by atoms with E-state index in [1.54, 1.807) is 6.07 Å². The van der Waals surface area contributed by atoms with Gasteiger partial charge in [-0.1, -0.05) is 48.0 Å². The van der Waals surface area contributed by atoms with Gasteiger partial charge in [0, 0.05) is 10.6 Å². The monoisotopic (exact) mass is 429 g/mol. The average molecular weight is 430 g/mol. The van der Waals surface area contributed by atoms with Crippen molar-refractivity contribution in [2.45, 2.75) is 13.1 Å². The molecule has 3 aromatic carbocycles. The van der Waals surface area contributed by atoms with Crippen molar-refractivity contribution in [1.82, 2.24) is 0 Å². The fourth-order valence-corrected chi connectivity index (χ4v) is 3.72. The maximum absolute atomic E-state index is 13.1. The molecule has 152 valence electrons. The van der Waals surface area contributed by atoms with E-state index in [1.807, 2.05) is 31.2 Å². The topological polar surface area (TPSA) is 52.3 Å². The van der Waals surface area contributed by atoms with E-state index in [1.165, 1.54) is 18.2 Å². The summed E-state index contributed by atoms with van der Waals surface area (Å²) in [6.07, 6.45) is -3.06. The summed E-state index contributed by atoms with van der Waals surface area (Å²) in [5, 5.41) is 2.18. The van der Waals surface area contributed by atoms with Gasteiger partial charge >= 0.3 is 6.18 Å². The Hall–Kier alpha value is -3.25. The van der Waals surface area contributed by atoms with Gasteiger partial charge in [0.15, 0.2) is 5.76 Å². The van der Waals surface area contributed by atoms with Crippen LogP contribution in [0.1, 0.15) is 22.3 Å². The van der Waals surface area contributed by atoms with Crippen molar-refractivity contribution in [3.63, 3.8) is 0 Å². The molecule has 0 unspecified atom stereocenters. The Balaban J connectivity index is 1.80. The highest BCUT2D eigenvalue weighted by molar-refractivity contribution is 6.35. The van der Waals surface area contributed by atoms with E-state index in [4.69, 9.17) is 22.1 Å². The molecule has 0 spiro atoms. The first-order valence-electron chi connectivity index (χ1n) is 8.96. The lowest BCUT2D eigenvalue weighted by Crippen LogP contribution is -2.07. The summed E-state index contributed by atoms with van der Waals surface area (Å²) in [5.41, 5.74) is 6.45. The number of aryl methyl sites for hydroxylation is 1. The van der Waals surface area contributed by atoms with Crippen LogP contribution in [0.2, 0.25) is 5.02 Å². The molecule has 4 rings (SSSR count). The van der Waals surface area contributed by atoms with Crippen molar-refractivity contribution in [3.05, 3.63) is 93.5 Å². The molecule has 0 saturated carbocycles. The molecule has 1 aliphatic heterocycles. The van der Waals surface area contributed by atoms with Crippen LogP contribution in [-0.2, 0) is 15.7 Å². The predicted octanol–water partition coefficient (Wildman–Crippen LogP) is 6.09. The van der Waals surface area contributed by atoms with E-state index >= 15 is 0 Å². The SMILES string of the molecule is Cc1cccc2ccc(Cl)c(/C=C3/OC(N)=C(c4cccc(C(F)(F)F)c4)C3=O)c12. The van der Waals surface area contributed by atoms with Crippen LogP contribution in [0.15, 0.2) is 66.2 Å². The van der Waals surface area contributed by atoms with Gasteiger partial charge < -0.3 is 10.5 Å². The highest BCUT2D eigenvalue weighted by atomic mass is 35.5. The Labute approximate surface area is 175 Å². The normalized spacial score (nSPS) is 15.9. The van der Waals surface area contributed by atoms with Gasteiger partial charge in [0.05, 0.1) is 11.1 Å². The molecule has 0 amide bonds. The van der Waals surface area contributed by atoms with Crippen LogP contribution in [0, 0.1) is 6.92 Å². The van der Waals surface area contributed by atoms with E-state index in [-0.39, 0.29) is 22.8 Å². The lowest BCUT2D eigenvalue weighted by Gasteiger charge is -2.09. The number of fused-ring (bicyclic) bond motifs is 1. The van der Waals surface area contributed by atoms with Gasteiger partial charge in [0.1, 0.15) is 0 Å². The third-order valence-electron chi connectivity index (χ3n) is 4.91. The summed E-state index contributed by atoms with van der Waals surface area (Å²) in [6.45, 7) is 1.92. The van der Waals surface area contributed by atoms with Crippen molar-refractivity contribution in [3.8, 4) is 0 Å². The molecule has 3 aromatic rings. The number of rotatable bonds is 2. The van der Waals surface area contributed by atoms with Gasteiger partial charge in [-0.2, -0.15) is 13.2 Å². The van der Waals surface area contributed by atoms with Crippen molar-refractivity contribution in [2.75, 3.05) is 0 Å². The first kappa shape index (κ1) is 20.0. The van der Waals surface area contributed by atoms with Crippen LogP contribution in [-0.4, -0.2) is 5.78 Å². The zero-order chi connectivity index (χ0) is 21.6. The maximum atomic E-state index is 13.1. The van der Waals surface area contributed by atoms with Crippen molar-refractivity contribution in [1.29, 1.82) is 0 Å². The first-order valence-corrected chi connectivity index (χ1v) is 9.34. The minimum atomic E-state index is -4.54. The summed E-state index contributed by atoms with van der Waals surface area (Å²) in [4.78, 5) is 13.0. The largest absolute Gasteiger partial charge is 0.437 e. The summed E-state index contributed by atoms with van der Waals surface area (Å²) in [5.74, 6) is -0.954. The summed E-state index contributed by atoms with van der Waals surface area (Å²) in [6, 6.07) is 13.7. The van der Waals surface area contributed by atoms with Crippen LogP contribution in [0.3, 0.4) is 0 Å². The number of ketones is 1. The summed E-state index contributed by atoms with van der Waals surface area (Å²) in [7, 11) is 0. The van der Waals surface area contributed by atoms with E-state index < -0.39 is 17.5 Å². The van der Waals surface area contributed by atoms with Gasteiger partial charge in [-0.15, -0.1) is 0 Å². The molecule has 0 aliphatic carbocycles. The van der Waals surface area contributed by atoms with Gasteiger partial charge in [0.25, 0.3) is 0 Å². The molecule has 1 aliphatic rings.